The normalized spacial score (nSPS) is 17.3. The second-order valence-electron chi connectivity index (χ2n) is 8.07. The molecule has 0 spiro atoms. The molecule has 172 valence electrons. The van der Waals surface area contributed by atoms with E-state index in [1.54, 1.807) is 4.90 Å². The van der Waals surface area contributed by atoms with Crippen LogP contribution in [0.15, 0.2) is 12.1 Å². The summed E-state index contributed by atoms with van der Waals surface area (Å²) < 4.78 is 14.9. The first-order chi connectivity index (χ1) is 15.3. The van der Waals surface area contributed by atoms with Crippen molar-refractivity contribution >= 4 is 35.7 Å². The van der Waals surface area contributed by atoms with Gasteiger partial charge in [-0.15, -0.1) is 0 Å². The van der Waals surface area contributed by atoms with Gasteiger partial charge in [-0.2, -0.15) is 0 Å². The summed E-state index contributed by atoms with van der Waals surface area (Å²) in [6.07, 6.45) is 2.64. The van der Waals surface area contributed by atoms with Crippen LogP contribution in [-0.2, 0) is 14.4 Å². The van der Waals surface area contributed by atoms with Crippen LogP contribution in [0.2, 0.25) is 0 Å². The van der Waals surface area contributed by atoms with E-state index in [9.17, 15) is 28.4 Å². The Kier molecular flexibility index (Phi) is 7.22. The van der Waals surface area contributed by atoms with E-state index < -0.39 is 35.5 Å². The number of benzene rings is 1. The van der Waals surface area contributed by atoms with E-state index in [1.807, 2.05) is 0 Å². The predicted molar refractivity (Wildman–Crippen MR) is 112 cm³/mol. The number of halogens is 1. The fourth-order valence-electron chi connectivity index (χ4n) is 4.35. The Hall–Kier alpha value is -3.30. The zero-order valence-corrected chi connectivity index (χ0v) is 17.8. The highest BCUT2D eigenvalue weighted by molar-refractivity contribution is 6.23. The van der Waals surface area contributed by atoms with E-state index in [-0.39, 0.29) is 42.0 Å². The topological polar surface area (TPSA) is 124 Å². The SMILES string of the molecule is CNC(=O)C(CCC=O)N1C(=O)c2cc(F)c(N3CCC(CCC(=O)O)CC3)cc2C1=O. The molecule has 2 aliphatic rings. The van der Waals surface area contributed by atoms with E-state index in [1.165, 1.54) is 13.1 Å². The quantitative estimate of drug-likeness (QED) is 0.435. The molecule has 3 rings (SSSR count). The highest BCUT2D eigenvalue weighted by Crippen LogP contribution is 2.34. The number of nitrogens with one attached hydrogen (secondary N) is 1. The molecule has 2 aliphatic heterocycles. The minimum Gasteiger partial charge on any atom is -0.481 e. The predicted octanol–water partition coefficient (Wildman–Crippen LogP) is 1.60. The van der Waals surface area contributed by atoms with Crippen molar-refractivity contribution in [2.45, 2.75) is 44.6 Å². The summed E-state index contributed by atoms with van der Waals surface area (Å²) in [5.74, 6) is -3.27. The average Bonchev–Trinajstić information content (AvgIpc) is 3.01. The third kappa shape index (κ3) is 4.63. The molecule has 10 heteroatoms. The Morgan fingerprint density at radius 1 is 1.22 bits per heavy atom. The molecule has 2 N–H and O–H groups in total. The summed E-state index contributed by atoms with van der Waals surface area (Å²) in [5.41, 5.74) is 0.125. The number of rotatable bonds is 9. The molecule has 0 aromatic heterocycles. The summed E-state index contributed by atoms with van der Waals surface area (Å²) in [4.78, 5) is 62.3. The van der Waals surface area contributed by atoms with Gasteiger partial charge in [-0.3, -0.25) is 24.1 Å². The molecule has 3 amide bonds. The molecule has 9 nitrogen and oxygen atoms in total. The van der Waals surface area contributed by atoms with Gasteiger partial charge < -0.3 is 20.1 Å². The smallest absolute Gasteiger partial charge is 0.303 e. The lowest BCUT2D eigenvalue weighted by atomic mass is 9.91. The molecule has 0 aliphatic carbocycles. The van der Waals surface area contributed by atoms with Crippen molar-refractivity contribution in [1.29, 1.82) is 0 Å². The highest BCUT2D eigenvalue weighted by atomic mass is 19.1. The minimum absolute atomic E-state index is 0.0120. The van der Waals surface area contributed by atoms with Crippen LogP contribution in [-0.4, -0.2) is 66.2 Å². The van der Waals surface area contributed by atoms with Gasteiger partial charge in [0.1, 0.15) is 18.1 Å². The van der Waals surface area contributed by atoms with Crippen molar-refractivity contribution in [2.24, 2.45) is 5.92 Å². The third-order valence-corrected chi connectivity index (χ3v) is 6.13. The largest absolute Gasteiger partial charge is 0.481 e. The number of carbonyl (C=O) groups is 5. The Balaban J connectivity index is 1.81. The molecule has 1 atom stereocenters. The highest BCUT2D eigenvalue weighted by Gasteiger charge is 2.43. The second-order valence-corrected chi connectivity index (χ2v) is 8.07. The first-order valence-corrected chi connectivity index (χ1v) is 10.6. The van der Waals surface area contributed by atoms with E-state index in [2.05, 4.69) is 5.32 Å². The summed E-state index contributed by atoms with van der Waals surface area (Å²) in [6, 6.07) is 1.22. The van der Waals surface area contributed by atoms with Gasteiger partial charge in [-0.1, -0.05) is 0 Å². The van der Waals surface area contributed by atoms with Crippen LogP contribution in [0, 0.1) is 11.7 Å². The molecular formula is C22H26FN3O6. The van der Waals surface area contributed by atoms with Gasteiger partial charge in [0.25, 0.3) is 11.8 Å². The average molecular weight is 447 g/mol. The minimum atomic E-state index is -1.16. The summed E-state index contributed by atoms with van der Waals surface area (Å²) in [5, 5.41) is 11.2. The number of hydrogen-bond donors (Lipinski definition) is 2. The molecule has 1 fully saturated rings. The van der Waals surface area contributed by atoms with Crippen LogP contribution in [0.5, 0.6) is 0 Å². The van der Waals surface area contributed by atoms with Crippen molar-refractivity contribution in [3.63, 3.8) is 0 Å². The third-order valence-electron chi connectivity index (χ3n) is 6.13. The molecule has 0 radical (unpaired) electrons. The van der Waals surface area contributed by atoms with Gasteiger partial charge in [-0.25, -0.2) is 4.39 Å². The van der Waals surface area contributed by atoms with Gasteiger partial charge in [0.15, 0.2) is 0 Å². The van der Waals surface area contributed by atoms with Gasteiger partial charge in [0.05, 0.1) is 16.8 Å². The number of anilines is 1. The van der Waals surface area contributed by atoms with Crippen molar-refractivity contribution in [2.75, 3.05) is 25.0 Å². The van der Waals surface area contributed by atoms with Crippen LogP contribution in [0.4, 0.5) is 10.1 Å². The maximum Gasteiger partial charge on any atom is 0.303 e. The number of fused-ring (bicyclic) bond motifs is 1. The van der Waals surface area contributed by atoms with Gasteiger partial charge >= 0.3 is 5.97 Å². The Morgan fingerprint density at radius 2 is 1.84 bits per heavy atom. The number of likely N-dealkylation sites (N-methyl/N-ethyl adjacent to an activating group) is 1. The van der Waals surface area contributed by atoms with Crippen LogP contribution in [0.1, 0.15) is 59.2 Å². The first kappa shape index (κ1) is 23.4. The van der Waals surface area contributed by atoms with E-state index in [0.29, 0.717) is 38.6 Å². The molecule has 1 saturated heterocycles. The van der Waals surface area contributed by atoms with Crippen LogP contribution >= 0.6 is 0 Å². The zero-order chi connectivity index (χ0) is 23.4. The van der Waals surface area contributed by atoms with Gasteiger partial charge in [0, 0.05) is 33.0 Å². The lowest BCUT2D eigenvalue weighted by Gasteiger charge is -2.33. The van der Waals surface area contributed by atoms with Crippen molar-refractivity contribution in [3.8, 4) is 0 Å². The number of carboxylic acid groups (broad SMARTS) is 1. The first-order valence-electron chi connectivity index (χ1n) is 10.6. The number of carboxylic acids is 1. The maximum absolute atomic E-state index is 14.9. The monoisotopic (exact) mass is 447 g/mol. The number of imide groups is 1. The van der Waals surface area contributed by atoms with E-state index in [4.69, 9.17) is 5.11 Å². The molecule has 1 aromatic rings. The van der Waals surface area contributed by atoms with Crippen LogP contribution in [0.25, 0.3) is 0 Å². The molecule has 1 aromatic carbocycles. The van der Waals surface area contributed by atoms with E-state index >= 15 is 0 Å². The number of piperidine rings is 1. The molecule has 0 saturated carbocycles. The van der Waals surface area contributed by atoms with Crippen molar-refractivity contribution in [3.05, 3.63) is 29.1 Å². The Labute approximate surface area is 184 Å². The maximum atomic E-state index is 14.9. The zero-order valence-electron chi connectivity index (χ0n) is 17.8. The molecule has 2 heterocycles. The number of aldehydes is 1. The van der Waals surface area contributed by atoms with E-state index in [0.717, 1.165) is 11.0 Å². The van der Waals surface area contributed by atoms with Gasteiger partial charge in [0.2, 0.25) is 5.91 Å². The molecule has 1 unspecified atom stereocenters. The fourth-order valence-corrected chi connectivity index (χ4v) is 4.35. The van der Waals surface area contributed by atoms with Crippen molar-refractivity contribution in [1.82, 2.24) is 10.2 Å². The van der Waals surface area contributed by atoms with Crippen LogP contribution < -0.4 is 10.2 Å². The molecular weight excluding hydrogens is 421 g/mol. The second kappa shape index (κ2) is 9.88. The lowest BCUT2D eigenvalue weighted by Crippen LogP contribution is -2.48. The fraction of sp³-hybridized carbons (Fsp3) is 0.500. The number of nitrogens with zero attached hydrogens (tertiary/aromatic N) is 2. The summed E-state index contributed by atoms with van der Waals surface area (Å²) in [6.45, 7) is 1.01. The molecule has 0 bridgehead atoms. The van der Waals surface area contributed by atoms with Gasteiger partial charge in [-0.05, 0) is 43.7 Å². The number of aliphatic carboxylic acids is 1. The number of amides is 3. The summed E-state index contributed by atoms with van der Waals surface area (Å²) in [7, 11) is 1.37. The Bertz CT molecular complexity index is 942. The number of carbonyl (C=O) groups excluding carboxylic acids is 4. The Morgan fingerprint density at radius 3 is 2.41 bits per heavy atom. The molecule has 32 heavy (non-hydrogen) atoms. The summed E-state index contributed by atoms with van der Waals surface area (Å²) >= 11 is 0. The number of hydrogen-bond acceptors (Lipinski definition) is 6. The lowest BCUT2D eigenvalue weighted by molar-refractivity contribution is -0.137. The van der Waals surface area contributed by atoms with Crippen LogP contribution in [0.3, 0.4) is 0 Å². The standard InChI is InChI=1S/C22H26FN3O6/c1-24-20(30)17(3-2-10-27)26-21(31)14-11-16(23)18(12-15(14)22(26)32)25-8-6-13(7-9-25)4-5-19(28)29/h10-13,17H,2-9H2,1H3,(H,24,30)(H,28,29). The van der Waals surface area contributed by atoms with Crippen molar-refractivity contribution < 1.29 is 33.5 Å².